The van der Waals surface area contributed by atoms with E-state index in [9.17, 15) is 0 Å². The van der Waals surface area contributed by atoms with Crippen molar-refractivity contribution in [1.29, 1.82) is 0 Å². The molecule has 0 radical (unpaired) electrons. The number of aromatic nitrogens is 4. The maximum atomic E-state index is 5.57. The first-order valence-corrected chi connectivity index (χ1v) is 5.55. The highest BCUT2D eigenvalue weighted by molar-refractivity contribution is 5.76. The van der Waals surface area contributed by atoms with Crippen LogP contribution in [0.4, 0.5) is 5.95 Å². The van der Waals surface area contributed by atoms with Gasteiger partial charge >= 0.3 is 0 Å². The molecule has 2 aromatic rings. The largest absolute Gasteiger partial charge is 0.476 e. The van der Waals surface area contributed by atoms with E-state index < -0.39 is 0 Å². The Bertz CT molecular complexity index is 520. The van der Waals surface area contributed by atoms with E-state index >= 15 is 0 Å². The molecule has 90 valence electrons. The van der Waals surface area contributed by atoms with Gasteiger partial charge in [0.15, 0.2) is 5.65 Å². The summed E-state index contributed by atoms with van der Waals surface area (Å²) in [4.78, 5) is 15.0. The summed E-state index contributed by atoms with van der Waals surface area (Å²) >= 11 is 0. The molecule has 0 amide bonds. The average Bonchev–Trinajstić information content (AvgIpc) is 2.76. The van der Waals surface area contributed by atoms with Crippen molar-refractivity contribution in [3.8, 4) is 5.88 Å². The van der Waals surface area contributed by atoms with E-state index in [4.69, 9.17) is 10.5 Å². The predicted molar refractivity (Wildman–Crippen MR) is 65.6 cm³/mol. The highest BCUT2D eigenvalue weighted by Gasteiger charge is 2.08. The lowest BCUT2D eigenvalue weighted by molar-refractivity contribution is 0.316. The molecule has 0 spiro atoms. The number of nitrogens with two attached hydrogens (primary N) is 1. The number of aromatic amines is 1. The second-order valence-corrected chi connectivity index (χ2v) is 3.50. The minimum Gasteiger partial charge on any atom is -0.476 e. The number of hydrogen-bond acceptors (Lipinski definition) is 5. The SMILES string of the molecule is CC/C=C\CCOc1nc(N)nc2nc[nH]c12. The van der Waals surface area contributed by atoms with Crippen molar-refractivity contribution in [3.05, 3.63) is 18.5 Å². The third-order valence-electron chi connectivity index (χ3n) is 2.20. The van der Waals surface area contributed by atoms with Crippen LogP contribution in [0.25, 0.3) is 11.2 Å². The number of anilines is 1. The zero-order chi connectivity index (χ0) is 12.1. The molecule has 6 heteroatoms. The fraction of sp³-hybridized carbons (Fsp3) is 0.364. The molecule has 3 N–H and O–H groups in total. The first-order chi connectivity index (χ1) is 8.31. The summed E-state index contributed by atoms with van der Waals surface area (Å²) < 4.78 is 5.55. The molecular formula is C11H15N5O. The van der Waals surface area contributed by atoms with Crippen LogP contribution in [0.2, 0.25) is 0 Å². The molecular weight excluding hydrogens is 218 g/mol. The Balaban J connectivity index is 2.07. The van der Waals surface area contributed by atoms with Gasteiger partial charge in [-0.05, 0) is 12.8 Å². The number of hydrogen-bond donors (Lipinski definition) is 2. The minimum absolute atomic E-state index is 0.170. The van der Waals surface area contributed by atoms with E-state index in [-0.39, 0.29) is 5.95 Å². The number of H-pyrrole nitrogens is 1. The highest BCUT2D eigenvalue weighted by atomic mass is 16.5. The first-order valence-electron chi connectivity index (χ1n) is 5.55. The van der Waals surface area contributed by atoms with Gasteiger partial charge in [-0.1, -0.05) is 19.1 Å². The van der Waals surface area contributed by atoms with Crippen LogP contribution in [-0.2, 0) is 0 Å². The third-order valence-corrected chi connectivity index (χ3v) is 2.20. The molecule has 0 aliphatic carbocycles. The Morgan fingerprint density at radius 3 is 3.12 bits per heavy atom. The van der Waals surface area contributed by atoms with Crippen molar-refractivity contribution >= 4 is 17.1 Å². The Morgan fingerprint density at radius 1 is 1.41 bits per heavy atom. The van der Waals surface area contributed by atoms with E-state index in [2.05, 4.69) is 39.0 Å². The molecule has 2 rings (SSSR count). The van der Waals surface area contributed by atoms with Gasteiger partial charge in [-0.25, -0.2) is 4.98 Å². The molecule has 0 saturated heterocycles. The summed E-state index contributed by atoms with van der Waals surface area (Å²) in [5.74, 6) is 0.624. The van der Waals surface area contributed by atoms with Crippen molar-refractivity contribution < 1.29 is 4.74 Å². The van der Waals surface area contributed by atoms with Crippen LogP contribution in [0.1, 0.15) is 19.8 Å². The Labute approximate surface area is 98.9 Å². The van der Waals surface area contributed by atoms with Crippen molar-refractivity contribution in [2.45, 2.75) is 19.8 Å². The molecule has 2 aromatic heterocycles. The Kier molecular flexibility index (Phi) is 3.54. The molecule has 6 nitrogen and oxygen atoms in total. The minimum atomic E-state index is 0.170. The topological polar surface area (TPSA) is 89.7 Å². The van der Waals surface area contributed by atoms with Crippen LogP contribution in [-0.4, -0.2) is 26.5 Å². The summed E-state index contributed by atoms with van der Waals surface area (Å²) in [5, 5.41) is 0. The maximum Gasteiger partial charge on any atom is 0.245 e. The molecule has 0 aromatic carbocycles. The standard InChI is InChI=1S/C11H15N5O/c1-2-3-4-5-6-17-10-8-9(14-7-13-8)15-11(12)16-10/h3-4,7H,2,5-6H2,1H3,(H3,12,13,14,15,16)/b4-3-. The molecule has 0 fully saturated rings. The number of imidazole rings is 1. The highest BCUT2D eigenvalue weighted by Crippen LogP contribution is 2.19. The maximum absolute atomic E-state index is 5.57. The molecule has 2 heterocycles. The monoisotopic (exact) mass is 233 g/mol. The van der Waals surface area contributed by atoms with Gasteiger partial charge in [0.2, 0.25) is 11.8 Å². The molecule has 0 unspecified atom stereocenters. The number of rotatable bonds is 5. The molecule has 0 aliphatic heterocycles. The zero-order valence-corrected chi connectivity index (χ0v) is 9.68. The lowest BCUT2D eigenvalue weighted by atomic mass is 10.3. The van der Waals surface area contributed by atoms with Crippen LogP contribution in [0.3, 0.4) is 0 Å². The smallest absolute Gasteiger partial charge is 0.245 e. The average molecular weight is 233 g/mol. The first kappa shape index (κ1) is 11.4. The van der Waals surface area contributed by atoms with E-state index in [1.807, 2.05) is 0 Å². The van der Waals surface area contributed by atoms with Crippen LogP contribution in [0, 0.1) is 0 Å². The lowest BCUT2D eigenvalue weighted by Gasteiger charge is -2.04. The van der Waals surface area contributed by atoms with Crippen molar-refractivity contribution in [2.75, 3.05) is 12.3 Å². The fourth-order valence-electron chi connectivity index (χ4n) is 1.44. The lowest BCUT2D eigenvalue weighted by Crippen LogP contribution is -2.02. The molecule has 17 heavy (non-hydrogen) atoms. The summed E-state index contributed by atoms with van der Waals surface area (Å²) in [6.45, 7) is 2.65. The van der Waals surface area contributed by atoms with E-state index in [1.165, 1.54) is 0 Å². The van der Waals surface area contributed by atoms with Gasteiger partial charge in [-0.2, -0.15) is 9.97 Å². The van der Waals surface area contributed by atoms with Gasteiger partial charge in [0.25, 0.3) is 0 Å². The second kappa shape index (κ2) is 5.29. The Morgan fingerprint density at radius 2 is 2.29 bits per heavy atom. The predicted octanol–water partition coefficient (Wildman–Crippen LogP) is 1.67. The number of nitrogen functional groups attached to an aromatic ring is 1. The Hall–Kier alpha value is -2.11. The van der Waals surface area contributed by atoms with Crippen molar-refractivity contribution in [3.63, 3.8) is 0 Å². The zero-order valence-electron chi connectivity index (χ0n) is 9.68. The third kappa shape index (κ3) is 2.72. The molecule has 0 atom stereocenters. The van der Waals surface area contributed by atoms with Gasteiger partial charge < -0.3 is 15.5 Å². The van der Waals surface area contributed by atoms with E-state index in [0.717, 1.165) is 12.8 Å². The van der Waals surface area contributed by atoms with Crippen molar-refractivity contribution in [2.24, 2.45) is 0 Å². The van der Waals surface area contributed by atoms with Gasteiger partial charge in [-0.3, -0.25) is 0 Å². The fourth-order valence-corrected chi connectivity index (χ4v) is 1.44. The summed E-state index contributed by atoms with van der Waals surface area (Å²) in [7, 11) is 0. The molecule has 0 saturated carbocycles. The van der Waals surface area contributed by atoms with Crippen LogP contribution in [0.5, 0.6) is 5.88 Å². The summed E-state index contributed by atoms with van der Waals surface area (Å²) in [6.07, 6.45) is 7.60. The quantitative estimate of drug-likeness (QED) is 0.605. The van der Waals surface area contributed by atoms with E-state index in [0.29, 0.717) is 23.7 Å². The van der Waals surface area contributed by atoms with Crippen molar-refractivity contribution in [1.82, 2.24) is 19.9 Å². The number of ether oxygens (including phenoxy) is 1. The van der Waals surface area contributed by atoms with Gasteiger partial charge in [0, 0.05) is 0 Å². The number of allylic oxidation sites excluding steroid dienone is 1. The van der Waals surface area contributed by atoms with Gasteiger partial charge in [0.1, 0.15) is 5.52 Å². The normalized spacial score (nSPS) is 11.4. The van der Waals surface area contributed by atoms with E-state index in [1.54, 1.807) is 6.33 Å². The van der Waals surface area contributed by atoms with Crippen LogP contribution < -0.4 is 10.5 Å². The molecule has 0 aliphatic rings. The van der Waals surface area contributed by atoms with Crippen LogP contribution >= 0.6 is 0 Å². The number of nitrogens with zero attached hydrogens (tertiary/aromatic N) is 3. The van der Waals surface area contributed by atoms with Crippen LogP contribution in [0.15, 0.2) is 18.5 Å². The summed E-state index contributed by atoms with van der Waals surface area (Å²) in [6, 6.07) is 0. The number of nitrogens with one attached hydrogen (secondary N) is 1. The van der Waals surface area contributed by atoms with Gasteiger partial charge in [0.05, 0.1) is 12.9 Å². The summed E-state index contributed by atoms with van der Waals surface area (Å²) in [5.41, 5.74) is 6.77. The second-order valence-electron chi connectivity index (χ2n) is 3.50. The molecule has 0 bridgehead atoms. The van der Waals surface area contributed by atoms with Gasteiger partial charge in [-0.15, -0.1) is 0 Å². The number of fused-ring (bicyclic) bond motifs is 1.